The van der Waals surface area contributed by atoms with Crippen LogP contribution in [0.4, 0.5) is 0 Å². The van der Waals surface area contributed by atoms with Crippen LogP contribution in [0.5, 0.6) is 23.0 Å². The van der Waals surface area contributed by atoms with E-state index in [1.807, 2.05) is 118 Å². The van der Waals surface area contributed by atoms with Gasteiger partial charge in [-0.15, -0.1) is 6.58 Å². The van der Waals surface area contributed by atoms with E-state index in [2.05, 4.69) is 98.0 Å². The van der Waals surface area contributed by atoms with Crippen LogP contribution in [0.3, 0.4) is 0 Å². The molecular formula is C63H62N6O5. The molecule has 11 heteroatoms. The molecule has 2 fully saturated rings. The minimum atomic E-state index is -0.900. The third-order valence-electron chi connectivity index (χ3n) is 13.9. The number of aromatic nitrogens is 6. The van der Waals surface area contributed by atoms with Crippen LogP contribution in [0.15, 0.2) is 170 Å². The Kier molecular flexibility index (Phi) is 14.5. The van der Waals surface area contributed by atoms with Crippen LogP contribution >= 0.6 is 0 Å². The van der Waals surface area contributed by atoms with Crippen molar-refractivity contribution >= 4 is 27.8 Å². The van der Waals surface area contributed by atoms with Gasteiger partial charge in [-0.3, -0.25) is 4.79 Å². The number of aliphatic hydroxyl groups excluding tert-OH is 1. The average Bonchev–Trinajstić information content (AvgIpc) is 4.10. The van der Waals surface area contributed by atoms with Gasteiger partial charge < -0.3 is 39.6 Å². The standard InChI is InChI=1S/C32H31N3O.C29H25N3O4.C2H6/c1-21(2)9-10-22-5-3-6-23(17-22)18-26-20-34-32(35-26)25-7-4-8-27(19-25)36-30-14-13-29-28(15-16-33-29)31(30)24-11-12-24;1-16-21-10-11-30-24(21)8-9-26(16)36-20-7-3-6-19(13-20)28-31-15-25(32-28)27(33)18-5-2-4-17(12-18)22-14-23(22)29(34)35;1-2/h3-8,13-17,19-20,24,33H,1,9-12,18H2,2H3,(H,34,35);2-13,15,22-23,27,30,33H,14H2,1H3,(H,31,32)(H,34,35);1-2H3. The van der Waals surface area contributed by atoms with Gasteiger partial charge in [0.2, 0.25) is 0 Å². The van der Waals surface area contributed by atoms with Gasteiger partial charge in [0, 0.05) is 74.8 Å². The van der Waals surface area contributed by atoms with Gasteiger partial charge >= 0.3 is 5.97 Å². The summed E-state index contributed by atoms with van der Waals surface area (Å²) in [6, 6.07) is 44.5. The van der Waals surface area contributed by atoms with Gasteiger partial charge in [0.1, 0.15) is 40.8 Å². The number of carboxylic acid groups (broad SMARTS) is 1. The number of hydrogen-bond donors (Lipinski definition) is 6. The van der Waals surface area contributed by atoms with Crippen molar-refractivity contribution in [3.8, 4) is 45.8 Å². The number of hydrogen-bond acceptors (Lipinski definition) is 6. The van der Waals surface area contributed by atoms with Gasteiger partial charge in [0.25, 0.3) is 0 Å². The molecule has 0 spiro atoms. The molecule has 11 nitrogen and oxygen atoms in total. The number of fused-ring (bicyclic) bond motifs is 2. The molecule has 0 radical (unpaired) electrons. The van der Waals surface area contributed by atoms with E-state index in [1.165, 1.54) is 46.0 Å². The maximum absolute atomic E-state index is 11.2. The molecule has 4 aromatic heterocycles. The van der Waals surface area contributed by atoms with E-state index in [-0.39, 0.29) is 11.8 Å². The van der Waals surface area contributed by atoms with E-state index in [0.29, 0.717) is 35.2 Å². The summed E-state index contributed by atoms with van der Waals surface area (Å²) in [6.07, 6.45) is 12.6. The van der Waals surface area contributed by atoms with Gasteiger partial charge in [0.15, 0.2) is 0 Å². The fourth-order valence-electron chi connectivity index (χ4n) is 9.73. The lowest BCUT2D eigenvalue weighted by Gasteiger charge is -2.13. The first-order valence-electron chi connectivity index (χ1n) is 25.6. The lowest BCUT2D eigenvalue weighted by atomic mass is 10.0. The molecule has 2 aliphatic carbocycles. The molecule has 2 aliphatic rings. The molecule has 10 aromatic rings. The maximum Gasteiger partial charge on any atom is 0.307 e. The van der Waals surface area contributed by atoms with Crippen LogP contribution in [-0.4, -0.2) is 46.1 Å². The van der Waals surface area contributed by atoms with Crippen molar-refractivity contribution in [3.05, 3.63) is 215 Å². The number of aliphatic carboxylic acids is 1. The van der Waals surface area contributed by atoms with Crippen molar-refractivity contribution in [2.75, 3.05) is 0 Å². The highest BCUT2D eigenvalue weighted by molar-refractivity contribution is 5.87. The molecule has 0 aliphatic heterocycles. The third-order valence-corrected chi connectivity index (χ3v) is 13.9. The second-order valence-corrected chi connectivity index (χ2v) is 19.3. The number of benzene rings is 6. The number of carboxylic acids is 1. The first-order chi connectivity index (χ1) is 36.1. The first kappa shape index (κ1) is 49.2. The number of aryl methyl sites for hydroxylation is 2. The zero-order chi connectivity index (χ0) is 51.3. The van der Waals surface area contributed by atoms with Crippen LogP contribution in [0, 0.1) is 12.8 Å². The Balaban J connectivity index is 0.000000164. The topological polar surface area (TPSA) is 165 Å². The molecule has 0 amide bonds. The lowest BCUT2D eigenvalue weighted by molar-refractivity contribution is -0.138. The second-order valence-electron chi connectivity index (χ2n) is 19.3. The Hall–Kier alpha value is -8.41. The highest BCUT2D eigenvalue weighted by Crippen LogP contribution is 2.49. The van der Waals surface area contributed by atoms with E-state index in [0.717, 1.165) is 81.2 Å². The average molecular weight is 983 g/mol. The second kappa shape index (κ2) is 21.7. The Morgan fingerprint density at radius 2 is 1.36 bits per heavy atom. The summed E-state index contributed by atoms with van der Waals surface area (Å²) < 4.78 is 12.6. The van der Waals surface area contributed by atoms with Crippen molar-refractivity contribution in [2.45, 2.75) is 84.2 Å². The van der Waals surface area contributed by atoms with Crippen molar-refractivity contribution in [1.29, 1.82) is 0 Å². The van der Waals surface area contributed by atoms with Gasteiger partial charge in [-0.05, 0) is 141 Å². The van der Waals surface area contributed by atoms with Crippen molar-refractivity contribution < 1.29 is 24.5 Å². The van der Waals surface area contributed by atoms with Gasteiger partial charge in [0.05, 0.1) is 17.8 Å². The molecule has 374 valence electrons. The lowest BCUT2D eigenvalue weighted by Crippen LogP contribution is -2.02. The Morgan fingerprint density at radius 1 is 0.730 bits per heavy atom. The number of rotatable bonds is 16. The highest BCUT2D eigenvalue weighted by Gasteiger charge is 2.44. The number of aliphatic hydroxyl groups is 1. The zero-order valence-corrected chi connectivity index (χ0v) is 42.3. The van der Waals surface area contributed by atoms with Gasteiger partial charge in [-0.25, -0.2) is 9.97 Å². The molecule has 74 heavy (non-hydrogen) atoms. The first-order valence-corrected chi connectivity index (χ1v) is 25.6. The van der Waals surface area contributed by atoms with Crippen molar-refractivity contribution in [2.24, 2.45) is 5.92 Å². The summed E-state index contributed by atoms with van der Waals surface area (Å²) in [6.45, 7) is 12.1. The Morgan fingerprint density at radius 3 is 2.07 bits per heavy atom. The largest absolute Gasteiger partial charge is 0.481 e. The third kappa shape index (κ3) is 11.1. The molecule has 4 heterocycles. The zero-order valence-electron chi connectivity index (χ0n) is 42.3. The smallest absolute Gasteiger partial charge is 0.307 e. The predicted octanol–water partition coefficient (Wildman–Crippen LogP) is 15.3. The molecule has 3 unspecified atom stereocenters. The number of H-pyrrole nitrogens is 4. The highest BCUT2D eigenvalue weighted by atomic mass is 16.5. The van der Waals surface area contributed by atoms with E-state index < -0.39 is 12.1 Å². The molecule has 2 saturated carbocycles. The molecular weight excluding hydrogens is 921 g/mol. The number of nitrogens with zero attached hydrogens (tertiary/aromatic N) is 2. The summed E-state index contributed by atoms with van der Waals surface area (Å²) in [5, 5.41) is 22.6. The molecule has 12 rings (SSSR count). The van der Waals surface area contributed by atoms with E-state index in [9.17, 15) is 15.0 Å². The van der Waals surface area contributed by atoms with Crippen LogP contribution < -0.4 is 9.47 Å². The minimum absolute atomic E-state index is 0.0105. The van der Waals surface area contributed by atoms with Crippen LogP contribution in [-0.2, 0) is 17.6 Å². The Labute approximate surface area is 431 Å². The fraction of sp³-hybridized carbons (Fsp3) is 0.222. The summed E-state index contributed by atoms with van der Waals surface area (Å²) in [5.74, 6) is 4.24. The molecule has 0 saturated heterocycles. The molecule has 6 aromatic carbocycles. The summed E-state index contributed by atoms with van der Waals surface area (Å²) in [5.41, 5.74) is 13.6. The number of carbonyl (C=O) groups is 1. The van der Waals surface area contributed by atoms with Crippen LogP contribution in [0.2, 0.25) is 0 Å². The minimum Gasteiger partial charge on any atom is -0.481 e. The molecule has 3 atom stereocenters. The van der Waals surface area contributed by atoms with Gasteiger partial charge in [-0.2, -0.15) is 0 Å². The number of aromatic amines is 4. The Bertz CT molecular complexity index is 3590. The monoisotopic (exact) mass is 982 g/mol. The van der Waals surface area contributed by atoms with E-state index in [4.69, 9.17) is 9.47 Å². The summed E-state index contributed by atoms with van der Waals surface area (Å²) >= 11 is 0. The number of ether oxygens (including phenoxy) is 2. The quantitative estimate of drug-likeness (QED) is 0.0525. The number of allylic oxidation sites excluding steroid dienone is 1. The predicted molar refractivity (Wildman–Crippen MR) is 294 cm³/mol. The van der Waals surface area contributed by atoms with Crippen LogP contribution in [0.1, 0.15) is 109 Å². The maximum atomic E-state index is 11.2. The van der Waals surface area contributed by atoms with Crippen LogP contribution in [0.25, 0.3) is 44.6 Å². The molecule has 0 bridgehead atoms. The number of nitrogens with one attached hydrogen (secondary N) is 4. The van der Waals surface area contributed by atoms with Gasteiger partial charge in [-0.1, -0.05) is 92.2 Å². The fourth-order valence-corrected chi connectivity index (χ4v) is 9.73. The van der Waals surface area contributed by atoms with E-state index >= 15 is 0 Å². The normalized spacial score (nSPS) is 15.1. The molecule has 6 N–H and O–H groups in total. The van der Waals surface area contributed by atoms with Crippen molar-refractivity contribution in [3.63, 3.8) is 0 Å². The summed E-state index contributed by atoms with van der Waals surface area (Å²) in [4.78, 5) is 33.7. The number of imidazole rings is 2. The van der Waals surface area contributed by atoms with Crippen molar-refractivity contribution in [1.82, 2.24) is 29.9 Å². The summed E-state index contributed by atoms with van der Waals surface area (Å²) in [7, 11) is 0. The van der Waals surface area contributed by atoms with E-state index in [1.54, 1.807) is 6.20 Å². The SMILES string of the molecule is C=C(C)CCc1cccc(Cc2cnc(-c3cccc(Oc4ccc5[nH]ccc5c4C4CC4)c3)[nH]2)c1.CC.Cc1c(Oc2cccc(-c3ncc(C(O)c4cccc(C5CC5C(=O)O)c4)[nH]3)c2)ccc2[nH]ccc12.